The minimum atomic E-state index is 0. The second-order valence-electron chi connectivity index (χ2n) is 5.42. The molecule has 1 amide bonds. The Balaban J connectivity index is 0.00000200. The van der Waals surface area contributed by atoms with Crippen molar-refractivity contribution in [3.8, 4) is 0 Å². The van der Waals surface area contributed by atoms with Gasteiger partial charge < -0.3 is 15.6 Å². The van der Waals surface area contributed by atoms with Crippen molar-refractivity contribution in [2.75, 3.05) is 19.6 Å². The molecule has 2 unspecified atom stereocenters. The van der Waals surface area contributed by atoms with Crippen molar-refractivity contribution >= 4 is 30.7 Å². The molecule has 2 heterocycles. The number of rotatable bonds is 6. The molecule has 1 aromatic heterocycles. The molecule has 122 valence electrons. The van der Waals surface area contributed by atoms with Gasteiger partial charge in [0.25, 0.3) is 0 Å². The van der Waals surface area contributed by atoms with Gasteiger partial charge in [0.2, 0.25) is 5.91 Å². The molecule has 0 radical (unpaired) electrons. The lowest BCUT2D eigenvalue weighted by Crippen LogP contribution is -2.36. The number of nitrogens with one attached hydrogen (secondary N) is 3. The van der Waals surface area contributed by atoms with Gasteiger partial charge in [0.05, 0.1) is 0 Å². The van der Waals surface area contributed by atoms with Crippen molar-refractivity contribution in [3.63, 3.8) is 0 Å². The molecule has 1 aromatic rings. The van der Waals surface area contributed by atoms with Gasteiger partial charge in [-0.15, -0.1) is 24.8 Å². The van der Waals surface area contributed by atoms with Crippen LogP contribution in [0, 0.1) is 11.8 Å². The number of H-pyrrole nitrogens is 1. The summed E-state index contributed by atoms with van der Waals surface area (Å²) in [5.74, 6) is 2.18. The summed E-state index contributed by atoms with van der Waals surface area (Å²) in [4.78, 5) is 19.0. The number of aromatic nitrogens is 2. The highest BCUT2D eigenvalue weighted by molar-refractivity contribution is 5.85. The highest BCUT2D eigenvalue weighted by Crippen LogP contribution is 2.22. The number of amides is 1. The van der Waals surface area contributed by atoms with Crippen molar-refractivity contribution in [1.82, 2.24) is 20.6 Å². The summed E-state index contributed by atoms with van der Waals surface area (Å²) in [7, 11) is 0. The fourth-order valence-corrected chi connectivity index (χ4v) is 2.65. The fraction of sp³-hybridized carbons (Fsp3) is 0.714. The van der Waals surface area contributed by atoms with Crippen LogP contribution in [-0.4, -0.2) is 35.5 Å². The maximum absolute atomic E-state index is 11.9. The first kappa shape index (κ1) is 20.2. The first-order chi connectivity index (χ1) is 9.25. The highest BCUT2D eigenvalue weighted by atomic mass is 35.5. The summed E-state index contributed by atoms with van der Waals surface area (Å²) in [5.41, 5.74) is 0. The molecule has 1 aliphatic heterocycles. The van der Waals surface area contributed by atoms with E-state index in [1.165, 1.54) is 12.8 Å². The van der Waals surface area contributed by atoms with E-state index in [2.05, 4.69) is 27.5 Å². The SMILES string of the molecule is CC(CC(=O)NCCc1ncc[nH]1)C1CCCNC1.Cl.Cl. The van der Waals surface area contributed by atoms with E-state index in [0.29, 0.717) is 24.8 Å². The Bertz CT molecular complexity index is 380. The third kappa shape index (κ3) is 7.16. The molecule has 1 fully saturated rings. The minimum Gasteiger partial charge on any atom is -0.356 e. The van der Waals surface area contributed by atoms with Gasteiger partial charge in [-0.05, 0) is 37.8 Å². The van der Waals surface area contributed by atoms with E-state index in [0.717, 1.165) is 25.3 Å². The average Bonchev–Trinajstić information content (AvgIpc) is 2.93. The zero-order valence-electron chi connectivity index (χ0n) is 12.4. The largest absolute Gasteiger partial charge is 0.356 e. The van der Waals surface area contributed by atoms with Crippen LogP contribution in [0.4, 0.5) is 0 Å². The van der Waals surface area contributed by atoms with E-state index in [4.69, 9.17) is 0 Å². The van der Waals surface area contributed by atoms with Crippen LogP contribution in [0.15, 0.2) is 12.4 Å². The third-order valence-corrected chi connectivity index (χ3v) is 3.89. The standard InChI is InChI=1S/C14H24N4O.2ClH/c1-11(12-3-2-5-15-10-12)9-14(19)18-6-4-13-16-7-8-17-13;;/h7-8,11-12,15H,2-6,9-10H2,1H3,(H,16,17)(H,18,19);2*1H. The second-order valence-corrected chi connectivity index (χ2v) is 5.42. The zero-order chi connectivity index (χ0) is 13.5. The topological polar surface area (TPSA) is 69.8 Å². The molecule has 0 aromatic carbocycles. The number of carbonyl (C=O) groups excluding carboxylic acids is 1. The summed E-state index contributed by atoms with van der Waals surface area (Å²) in [5, 5.41) is 6.38. The number of nitrogens with zero attached hydrogens (tertiary/aromatic N) is 1. The van der Waals surface area contributed by atoms with Gasteiger partial charge in [0, 0.05) is 31.8 Å². The molecule has 2 atom stereocenters. The van der Waals surface area contributed by atoms with Crippen molar-refractivity contribution < 1.29 is 4.79 Å². The molecule has 2 rings (SSSR count). The molecule has 0 spiro atoms. The van der Waals surface area contributed by atoms with Crippen molar-refractivity contribution in [2.45, 2.75) is 32.6 Å². The lowest BCUT2D eigenvalue weighted by atomic mass is 9.85. The smallest absolute Gasteiger partial charge is 0.220 e. The van der Waals surface area contributed by atoms with E-state index >= 15 is 0 Å². The predicted octanol–water partition coefficient (Wildman–Crippen LogP) is 1.94. The van der Waals surface area contributed by atoms with Crippen LogP contribution < -0.4 is 10.6 Å². The van der Waals surface area contributed by atoms with E-state index in [1.54, 1.807) is 12.4 Å². The summed E-state index contributed by atoms with van der Waals surface area (Å²) in [6.07, 6.45) is 7.40. The Morgan fingerprint density at radius 3 is 2.95 bits per heavy atom. The van der Waals surface area contributed by atoms with E-state index in [9.17, 15) is 4.79 Å². The monoisotopic (exact) mass is 336 g/mol. The number of hydrogen-bond acceptors (Lipinski definition) is 3. The number of halogens is 2. The molecular formula is C14H26Cl2N4O. The number of hydrogen-bond donors (Lipinski definition) is 3. The fourth-order valence-electron chi connectivity index (χ4n) is 2.65. The number of imidazole rings is 1. The van der Waals surface area contributed by atoms with E-state index < -0.39 is 0 Å². The normalized spacial score (nSPS) is 19.0. The van der Waals surface area contributed by atoms with Crippen LogP contribution in [0.5, 0.6) is 0 Å². The predicted molar refractivity (Wildman–Crippen MR) is 89.2 cm³/mol. The van der Waals surface area contributed by atoms with Crippen molar-refractivity contribution in [3.05, 3.63) is 18.2 Å². The summed E-state index contributed by atoms with van der Waals surface area (Å²) in [6, 6.07) is 0. The molecule has 1 aliphatic rings. The van der Waals surface area contributed by atoms with Crippen LogP contribution in [0.3, 0.4) is 0 Å². The van der Waals surface area contributed by atoms with Crippen LogP contribution in [0.2, 0.25) is 0 Å². The Morgan fingerprint density at radius 2 is 2.33 bits per heavy atom. The van der Waals surface area contributed by atoms with E-state index in [1.807, 2.05) is 0 Å². The Labute approximate surface area is 138 Å². The molecule has 1 saturated heterocycles. The molecule has 0 bridgehead atoms. The molecule has 0 saturated carbocycles. The molecule has 3 N–H and O–H groups in total. The number of piperidine rings is 1. The average molecular weight is 337 g/mol. The van der Waals surface area contributed by atoms with Crippen LogP contribution >= 0.6 is 24.8 Å². The first-order valence-corrected chi connectivity index (χ1v) is 7.21. The van der Waals surface area contributed by atoms with Crippen LogP contribution in [-0.2, 0) is 11.2 Å². The van der Waals surface area contributed by atoms with Crippen molar-refractivity contribution in [2.24, 2.45) is 11.8 Å². The second kappa shape index (κ2) is 10.9. The first-order valence-electron chi connectivity index (χ1n) is 7.21. The zero-order valence-corrected chi connectivity index (χ0v) is 14.1. The van der Waals surface area contributed by atoms with Gasteiger partial charge in [-0.2, -0.15) is 0 Å². The van der Waals surface area contributed by atoms with Crippen LogP contribution in [0.25, 0.3) is 0 Å². The minimum absolute atomic E-state index is 0. The lowest BCUT2D eigenvalue weighted by Gasteiger charge is -2.28. The maximum Gasteiger partial charge on any atom is 0.220 e. The van der Waals surface area contributed by atoms with Gasteiger partial charge in [-0.1, -0.05) is 6.92 Å². The maximum atomic E-state index is 11.9. The molecule has 5 nitrogen and oxygen atoms in total. The summed E-state index contributed by atoms with van der Waals surface area (Å²) < 4.78 is 0. The van der Waals surface area contributed by atoms with Gasteiger partial charge in [0.1, 0.15) is 5.82 Å². The van der Waals surface area contributed by atoms with E-state index in [-0.39, 0.29) is 30.7 Å². The Kier molecular flexibility index (Phi) is 10.5. The summed E-state index contributed by atoms with van der Waals surface area (Å²) in [6.45, 7) is 5.02. The number of carbonyl (C=O) groups is 1. The van der Waals surface area contributed by atoms with Gasteiger partial charge in [-0.3, -0.25) is 4.79 Å². The molecule has 0 aliphatic carbocycles. The lowest BCUT2D eigenvalue weighted by molar-refractivity contribution is -0.122. The molecule has 7 heteroatoms. The molecule has 21 heavy (non-hydrogen) atoms. The third-order valence-electron chi connectivity index (χ3n) is 3.89. The quantitative estimate of drug-likeness (QED) is 0.743. The van der Waals surface area contributed by atoms with Crippen molar-refractivity contribution in [1.29, 1.82) is 0 Å². The number of aromatic amines is 1. The summed E-state index contributed by atoms with van der Waals surface area (Å²) >= 11 is 0. The van der Waals surface area contributed by atoms with Gasteiger partial charge >= 0.3 is 0 Å². The van der Waals surface area contributed by atoms with Crippen LogP contribution in [0.1, 0.15) is 32.0 Å². The Morgan fingerprint density at radius 1 is 1.52 bits per heavy atom. The Hall–Kier alpha value is -0.780. The molecular weight excluding hydrogens is 311 g/mol. The van der Waals surface area contributed by atoms with Gasteiger partial charge in [0.15, 0.2) is 0 Å². The highest BCUT2D eigenvalue weighted by Gasteiger charge is 2.21. The van der Waals surface area contributed by atoms with Gasteiger partial charge in [-0.25, -0.2) is 4.98 Å².